The number of thiazole rings is 1. The smallest absolute Gasteiger partial charge is 0.241 e. The lowest BCUT2D eigenvalue weighted by molar-refractivity contribution is 0.781. The summed E-state index contributed by atoms with van der Waals surface area (Å²) in [6.45, 7) is 9.09. The van der Waals surface area contributed by atoms with Gasteiger partial charge in [-0.05, 0) is 45.2 Å². The Balaban J connectivity index is 1.54. The van der Waals surface area contributed by atoms with E-state index < -0.39 is 0 Å². The molecule has 2 heterocycles. The van der Waals surface area contributed by atoms with Gasteiger partial charge in [0.2, 0.25) is 6.71 Å². The van der Waals surface area contributed by atoms with Crippen molar-refractivity contribution in [3.63, 3.8) is 0 Å². The third-order valence-corrected chi connectivity index (χ3v) is 10.3. The van der Waals surface area contributed by atoms with Crippen LogP contribution in [0.25, 0.3) is 32.7 Å². The van der Waals surface area contributed by atoms with E-state index in [4.69, 9.17) is 4.98 Å². The van der Waals surface area contributed by atoms with E-state index in [0.29, 0.717) is 11.8 Å². The predicted octanol–water partition coefficient (Wildman–Crippen LogP) is 11.1. The zero-order valence-corrected chi connectivity index (χ0v) is 27.8. The maximum atomic E-state index is 5.24. The molecule has 0 saturated heterocycles. The summed E-state index contributed by atoms with van der Waals surface area (Å²) in [5.41, 5.74) is 13.9. The van der Waals surface area contributed by atoms with Crippen LogP contribution in [-0.4, -0.2) is 11.7 Å². The van der Waals surface area contributed by atoms with Crippen LogP contribution in [0.1, 0.15) is 72.4 Å². The van der Waals surface area contributed by atoms with Crippen molar-refractivity contribution in [2.75, 3.05) is 0 Å². The molecule has 6 aromatic rings. The standard InChI is InChI=1S/C43H38BNS/c1-29(2)41-42(30(3)4)46-43(45-41)35-26-17-27-36(28-35)44-39(33-22-13-7-14-23-33)37(31-18-9-5-10-19-31)38(32-20-11-6-12-21-32)40(44)34-24-15-8-16-25-34/h5-30H,1-4H3. The van der Waals surface area contributed by atoms with Gasteiger partial charge >= 0.3 is 0 Å². The molecular formula is C43H38BNS. The molecule has 1 aliphatic rings. The maximum absolute atomic E-state index is 5.24. The summed E-state index contributed by atoms with van der Waals surface area (Å²) in [5, 5.41) is 1.11. The van der Waals surface area contributed by atoms with Gasteiger partial charge in [0.15, 0.2) is 0 Å². The van der Waals surface area contributed by atoms with Gasteiger partial charge in [0.05, 0.1) is 5.69 Å². The van der Waals surface area contributed by atoms with Crippen LogP contribution in [-0.2, 0) is 0 Å². The first-order valence-corrected chi connectivity index (χ1v) is 17.1. The molecule has 3 heteroatoms. The van der Waals surface area contributed by atoms with Gasteiger partial charge in [-0.2, -0.15) is 0 Å². The Morgan fingerprint density at radius 2 is 0.913 bits per heavy atom. The second-order valence-corrected chi connectivity index (χ2v) is 13.7. The molecule has 0 aliphatic carbocycles. The van der Waals surface area contributed by atoms with Crippen molar-refractivity contribution >= 4 is 45.6 Å². The summed E-state index contributed by atoms with van der Waals surface area (Å²) in [6, 6.07) is 53.1. The third-order valence-electron chi connectivity index (χ3n) is 8.88. The van der Waals surface area contributed by atoms with Crippen LogP contribution in [0.4, 0.5) is 0 Å². The number of benzene rings is 5. The second kappa shape index (κ2) is 12.9. The maximum Gasteiger partial charge on any atom is 0.244 e. The highest BCUT2D eigenvalue weighted by atomic mass is 32.1. The van der Waals surface area contributed by atoms with Crippen molar-refractivity contribution in [3.05, 3.63) is 178 Å². The summed E-state index contributed by atoms with van der Waals surface area (Å²) in [5.74, 6) is 0.839. The molecule has 5 aromatic carbocycles. The number of hydrogen-bond donors (Lipinski definition) is 0. The van der Waals surface area contributed by atoms with Crippen LogP contribution in [0.2, 0.25) is 0 Å². The Morgan fingerprint density at radius 3 is 1.33 bits per heavy atom. The molecule has 0 atom stereocenters. The largest absolute Gasteiger partial charge is 0.244 e. The highest BCUT2D eigenvalue weighted by molar-refractivity contribution is 7.15. The topological polar surface area (TPSA) is 12.9 Å². The van der Waals surface area contributed by atoms with E-state index in [1.54, 1.807) is 0 Å². The van der Waals surface area contributed by atoms with Gasteiger partial charge in [0.1, 0.15) is 5.01 Å². The minimum Gasteiger partial charge on any atom is -0.241 e. The average molecular weight is 612 g/mol. The number of allylic oxidation sites excluding steroid dienone is 2. The summed E-state index contributed by atoms with van der Waals surface area (Å²) < 4.78 is 0. The first kappa shape index (κ1) is 30.0. The van der Waals surface area contributed by atoms with E-state index in [1.165, 1.54) is 65.9 Å². The molecule has 46 heavy (non-hydrogen) atoms. The Labute approximate surface area is 278 Å². The van der Waals surface area contributed by atoms with E-state index in [2.05, 4.69) is 173 Å². The molecule has 0 N–H and O–H groups in total. The molecule has 0 fully saturated rings. The highest BCUT2D eigenvalue weighted by Crippen LogP contribution is 2.51. The second-order valence-electron chi connectivity index (χ2n) is 12.7. The third kappa shape index (κ3) is 5.61. The lowest BCUT2D eigenvalue weighted by Gasteiger charge is -2.19. The van der Waals surface area contributed by atoms with Crippen LogP contribution >= 0.6 is 11.3 Å². The molecule has 0 spiro atoms. The summed E-state index contributed by atoms with van der Waals surface area (Å²) in [6.07, 6.45) is 0. The van der Waals surface area contributed by atoms with Gasteiger partial charge < -0.3 is 0 Å². The van der Waals surface area contributed by atoms with Crippen molar-refractivity contribution in [1.82, 2.24) is 4.98 Å². The molecule has 1 aromatic heterocycles. The van der Waals surface area contributed by atoms with Gasteiger partial charge in [-0.1, -0.05) is 190 Å². The molecule has 1 nitrogen and oxygen atoms in total. The Hall–Kier alpha value is -4.73. The van der Waals surface area contributed by atoms with Gasteiger partial charge in [-0.15, -0.1) is 11.3 Å². The molecule has 1 aliphatic heterocycles. The quantitative estimate of drug-likeness (QED) is 0.156. The lowest BCUT2D eigenvalue weighted by atomic mass is 9.35. The van der Waals surface area contributed by atoms with Crippen molar-refractivity contribution in [3.8, 4) is 10.6 Å². The van der Waals surface area contributed by atoms with Crippen LogP contribution in [0.3, 0.4) is 0 Å². The molecule has 224 valence electrons. The number of nitrogens with zero attached hydrogens (tertiary/aromatic N) is 1. The fourth-order valence-electron chi connectivity index (χ4n) is 6.85. The Kier molecular flexibility index (Phi) is 8.43. The van der Waals surface area contributed by atoms with E-state index in [1.807, 2.05) is 11.3 Å². The zero-order valence-electron chi connectivity index (χ0n) is 26.9. The molecule has 7 rings (SSSR count). The summed E-state index contributed by atoms with van der Waals surface area (Å²) in [4.78, 5) is 6.64. The van der Waals surface area contributed by atoms with Crippen LogP contribution < -0.4 is 5.46 Å². The molecule has 0 saturated carbocycles. The predicted molar refractivity (Wildman–Crippen MR) is 201 cm³/mol. The van der Waals surface area contributed by atoms with Crippen molar-refractivity contribution < 1.29 is 0 Å². The minimum absolute atomic E-state index is 0.0178. The molecular weight excluding hydrogens is 573 g/mol. The number of rotatable bonds is 8. The van der Waals surface area contributed by atoms with Crippen molar-refractivity contribution in [2.45, 2.75) is 39.5 Å². The van der Waals surface area contributed by atoms with Gasteiger partial charge in [0, 0.05) is 10.4 Å². The van der Waals surface area contributed by atoms with E-state index in [9.17, 15) is 0 Å². The fourth-order valence-corrected chi connectivity index (χ4v) is 8.07. The minimum atomic E-state index is 0.0178. The summed E-state index contributed by atoms with van der Waals surface area (Å²) in [7, 11) is 0. The molecule has 0 radical (unpaired) electrons. The SMILES string of the molecule is CC(C)c1nc(-c2cccc(B3C(c4ccccc4)=C(c4ccccc4)C(c4ccccc4)=C3c3ccccc3)c2)sc1C(C)C. The van der Waals surface area contributed by atoms with Crippen LogP contribution in [0.5, 0.6) is 0 Å². The van der Waals surface area contributed by atoms with E-state index in [0.717, 1.165) is 5.01 Å². The average Bonchev–Trinajstić information content (AvgIpc) is 3.72. The fraction of sp³-hybridized carbons (Fsp3) is 0.140. The van der Waals surface area contributed by atoms with Crippen molar-refractivity contribution in [2.24, 2.45) is 0 Å². The Bertz CT molecular complexity index is 1900. The molecule has 0 unspecified atom stereocenters. The first-order valence-electron chi connectivity index (χ1n) is 16.3. The van der Waals surface area contributed by atoms with Gasteiger partial charge in [-0.3, -0.25) is 0 Å². The lowest BCUT2D eigenvalue weighted by Crippen LogP contribution is -2.32. The monoisotopic (exact) mass is 611 g/mol. The van der Waals surface area contributed by atoms with Crippen LogP contribution in [0, 0.1) is 0 Å². The van der Waals surface area contributed by atoms with Gasteiger partial charge in [-0.25, -0.2) is 4.98 Å². The molecule has 0 amide bonds. The van der Waals surface area contributed by atoms with Gasteiger partial charge in [0.25, 0.3) is 0 Å². The number of aromatic nitrogens is 1. The Morgan fingerprint density at radius 1 is 0.478 bits per heavy atom. The zero-order chi connectivity index (χ0) is 31.6. The normalized spacial score (nSPS) is 13.4. The van der Waals surface area contributed by atoms with Crippen LogP contribution in [0.15, 0.2) is 146 Å². The van der Waals surface area contributed by atoms with Crippen molar-refractivity contribution in [1.29, 1.82) is 0 Å². The first-order chi connectivity index (χ1) is 22.5. The molecule has 0 bridgehead atoms. The van der Waals surface area contributed by atoms with E-state index in [-0.39, 0.29) is 6.71 Å². The highest BCUT2D eigenvalue weighted by Gasteiger charge is 2.40. The number of hydrogen-bond acceptors (Lipinski definition) is 2. The van der Waals surface area contributed by atoms with E-state index >= 15 is 0 Å². The summed E-state index contributed by atoms with van der Waals surface area (Å²) >= 11 is 1.85.